The summed E-state index contributed by atoms with van der Waals surface area (Å²) in [6.07, 6.45) is 5.34. The Balaban J connectivity index is 1.95. The smallest absolute Gasteiger partial charge is 0.00903 e. The fraction of sp³-hybridized carbons (Fsp3) is 0.455. The first kappa shape index (κ1) is 15.3. The fourth-order valence-electron chi connectivity index (χ4n) is 4.50. The summed E-state index contributed by atoms with van der Waals surface area (Å²) in [7, 11) is 0. The van der Waals surface area contributed by atoms with Crippen molar-refractivity contribution in [3.63, 3.8) is 0 Å². The quantitative estimate of drug-likeness (QED) is 0.611. The predicted octanol–water partition coefficient (Wildman–Crippen LogP) is 6.40. The first-order chi connectivity index (χ1) is 10.8. The van der Waals surface area contributed by atoms with Crippen LogP contribution in [-0.2, 0) is 0 Å². The maximum Gasteiger partial charge on any atom is -0.00903 e. The van der Waals surface area contributed by atoms with Gasteiger partial charge in [-0.3, -0.25) is 0 Å². The van der Waals surface area contributed by atoms with Crippen LogP contribution in [0, 0.1) is 11.8 Å². The van der Waals surface area contributed by atoms with Gasteiger partial charge in [0.1, 0.15) is 0 Å². The lowest BCUT2D eigenvalue weighted by Crippen LogP contribution is -2.29. The van der Waals surface area contributed by atoms with Gasteiger partial charge in [0.25, 0.3) is 0 Å². The highest BCUT2D eigenvalue weighted by Crippen LogP contribution is 2.50. The molecule has 4 atom stereocenters. The van der Waals surface area contributed by atoms with Gasteiger partial charge in [0.05, 0.1) is 0 Å². The molecule has 22 heavy (non-hydrogen) atoms. The van der Waals surface area contributed by atoms with Crippen molar-refractivity contribution in [1.82, 2.24) is 0 Å². The Morgan fingerprint density at radius 3 is 1.32 bits per heavy atom. The van der Waals surface area contributed by atoms with Gasteiger partial charge in [-0.1, -0.05) is 87.4 Å². The summed E-state index contributed by atoms with van der Waals surface area (Å²) < 4.78 is 0. The highest BCUT2D eigenvalue weighted by Gasteiger charge is 2.36. The van der Waals surface area contributed by atoms with Gasteiger partial charge in [-0.15, -0.1) is 0 Å². The number of hydrogen-bond acceptors (Lipinski definition) is 0. The van der Waals surface area contributed by atoms with Crippen LogP contribution in [0.15, 0.2) is 60.7 Å². The number of rotatable bonds is 4. The van der Waals surface area contributed by atoms with Crippen molar-refractivity contribution >= 4 is 0 Å². The highest BCUT2D eigenvalue weighted by atomic mass is 14.4. The van der Waals surface area contributed by atoms with E-state index >= 15 is 0 Å². The molecular formula is C22H28. The zero-order valence-electron chi connectivity index (χ0n) is 13.9. The molecule has 1 fully saturated rings. The minimum atomic E-state index is 0.677. The summed E-state index contributed by atoms with van der Waals surface area (Å²) in [5.74, 6) is 3.12. The standard InChI is InChI=1S/C22H28/c1-3-17-15-21(19-11-7-5-8-12-19)22(16-18(17)4-2)20-13-9-6-10-14-20/h5-14,17-18,21-22H,3-4,15-16H2,1-2H3. The number of benzene rings is 2. The topological polar surface area (TPSA) is 0 Å². The van der Waals surface area contributed by atoms with Gasteiger partial charge in [-0.2, -0.15) is 0 Å². The van der Waals surface area contributed by atoms with Crippen LogP contribution in [0.5, 0.6) is 0 Å². The van der Waals surface area contributed by atoms with Crippen molar-refractivity contribution in [2.24, 2.45) is 11.8 Å². The second kappa shape index (κ2) is 7.13. The van der Waals surface area contributed by atoms with Crippen LogP contribution in [0.25, 0.3) is 0 Å². The van der Waals surface area contributed by atoms with E-state index in [1.807, 2.05) is 0 Å². The Labute approximate surface area is 135 Å². The summed E-state index contributed by atoms with van der Waals surface area (Å²) >= 11 is 0. The van der Waals surface area contributed by atoms with Crippen molar-refractivity contribution in [3.8, 4) is 0 Å². The van der Waals surface area contributed by atoms with E-state index in [2.05, 4.69) is 74.5 Å². The Morgan fingerprint density at radius 2 is 1.00 bits per heavy atom. The zero-order valence-corrected chi connectivity index (χ0v) is 13.9. The third kappa shape index (κ3) is 3.11. The third-order valence-electron chi connectivity index (χ3n) is 5.77. The van der Waals surface area contributed by atoms with Gasteiger partial charge in [0, 0.05) is 0 Å². The molecule has 2 aromatic carbocycles. The first-order valence-electron chi connectivity index (χ1n) is 8.93. The van der Waals surface area contributed by atoms with Crippen LogP contribution >= 0.6 is 0 Å². The predicted molar refractivity (Wildman–Crippen MR) is 95.2 cm³/mol. The second-order valence-corrected chi connectivity index (χ2v) is 6.84. The van der Waals surface area contributed by atoms with Gasteiger partial charge in [0.2, 0.25) is 0 Å². The monoisotopic (exact) mass is 292 g/mol. The van der Waals surface area contributed by atoms with E-state index < -0.39 is 0 Å². The largest absolute Gasteiger partial charge is 0.0651 e. The average molecular weight is 292 g/mol. The van der Waals surface area contributed by atoms with E-state index in [9.17, 15) is 0 Å². The molecule has 0 saturated heterocycles. The lowest BCUT2D eigenvalue weighted by atomic mass is 9.63. The average Bonchev–Trinajstić information content (AvgIpc) is 2.62. The molecule has 0 amide bonds. The maximum atomic E-state index is 2.37. The summed E-state index contributed by atoms with van der Waals surface area (Å²) in [4.78, 5) is 0. The first-order valence-corrected chi connectivity index (χ1v) is 8.93. The molecular weight excluding hydrogens is 264 g/mol. The number of hydrogen-bond donors (Lipinski definition) is 0. The molecule has 1 aliphatic carbocycles. The lowest BCUT2D eigenvalue weighted by molar-refractivity contribution is 0.180. The van der Waals surface area contributed by atoms with E-state index in [1.165, 1.54) is 36.8 Å². The second-order valence-electron chi connectivity index (χ2n) is 6.84. The zero-order chi connectivity index (χ0) is 15.4. The van der Waals surface area contributed by atoms with E-state index in [-0.39, 0.29) is 0 Å². The normalized spacial score (nSPS) is 28.5. The highest BCUT2D eigenvalue weighted by molar-refractivity contribution is 5.30. The van der Waals surface area contributed by atoms with Crippen molar-refractivity contribution in [2.45, 2.75) is 51.4 Å². The minimum absolute atomic E-state index is 0.677. The molecule has 0 aromatic heterocycles. The van der Waals surface area contributed by atoms with Crippen molar-refractivity contribution in [2.75, 3.05) is 0 Å². The van der Waals surface area contributed by atoms with E-state index in [0.717, 1.165) is 11.8 Å². The summed E-state index contributed by atoms with van der Waals surface area (Å²) in [5.41, 5.74) is 3.06. The Morgan fingerprint density at radius 1 is 0.636 bits per heavy atom. The van der Waals surface area contributed by atoms with Crippen molar-refractivity contribution in [1.29, 1.82) is 0 Å². The molecule has 4 unspecified atom stereocenters. The van der Waals surface area contributed by atoms with Gasteiger partial charge >= 0.3 is 0 Å². The van der Waals surface area contributed by atoms with Gasteiger partial charge in [0.15, 0.2) is 0 Å². The van der Waals surface area contributed by atoms with E-state index in [1.54, 1.807) is 0 Å². The van der Waals surface area contributed by atoms with Crippen LogP contribution in [0.1, 0.15) is 62.5 Å². The van der Waals surface area contributed by atoms with Crippen LogP contribution in [0.3, 0.4) is 0 Å². The molecule has 0 spiro atoms. The Hall–Kier alpha value is -1.56. The lowest BCUT2D eigenvalue weighted by Gasteiger charge is -2.42. The molecule has 0 nitrogen and oxygen atoms in total. The van der Waals surface area contributed by atoms with Crippen LogP contribution in [0.4, 0.5) is 0 Å². The fourth-order valence-corrected chi connectivity index (χ4v) is 4.50. The molecule has 1 saturated carbocycles. The van der Waals surface area contributed by atoms with Crippen LogP contribution < -0.4 is 0 Å². The molecule has 0 N–H and O–H groups in total. The Kier molecular flexibility index (Phi) is 4.97. The molecule has 0 bridgehead atoms. The van der Waals surface area contributed by atoms with Crippen molar-refractivity contribution < 1.29 is 0 Å². The van der Waals surface area contributed by atoms with E-state index in [0.29, 0.717) is 11.8 Å². The molecule has 3 rings (SSSR count). The van der Waals surface area contributed by atoms with Gasteiger partial charge in [-0.05, 0) is 47.6 Å². The van der Waals surface area contributed by atoms with Gasteiger partial charge < -0.3 is 0 Å². The Bertz CT molecular complexity index is 504. The molecule has 116 valence electrons. The maximum absolute atomic E-state index is 2.37. The molecule has 0 heterocycles. The molecule has 0 aliphatic heterocycles. The summed E-state index contributed by atoms with van der Waals surface area (Å²) in [6.45, 7) is 4.75. The third-order valence-corrected chi connectivity index (χ3v) is 5.77. The van der Waals surface area contributed by atoms with Gasteiger partial charge in [-0.25, -0.2) is 0 Å². The summed E-state index contributed by atoms with van der Waals surface area (Å²) in [6, 6.07) is 22.4. The van der Waals surface area contributed by atoms with Crippen LogP contribution in [-0.4, -0.2) is 0 Å². The molecule has 1 aliphatic rings. The molecule has 2 aromatic rings. The molecule has 0 heteroatoms. The van der Waals surface area contributed by atoms with Crippen LogP contribution in [0.2, 0.25) is 0 Å². The minimum Gasteiger partial charge on any atom is -0.0651 e. The van der Waals surface area contributed by atoms with E-state index in [4.69, 9.17) is 0 Å². The van der Waals surface area contributed by atoms with Crippen molar-refractivity contribution in [3.05, 3.63) is 71.8 Å². The molecule has 0 radical (unpaired) electrons. The summed E-state index contributed by atoms with van der Waals surface area (Å²) in [5, 5.41) is 0. The SMILES string of the molecule is CCC1CC(c2ccccc2)C(c2ccccc2)CC1CC.